The van der Waals surface area contributed by atoms with Gasteiger partial charge in [-0.2, -0.15) is 20.1 Å². The first kappa shape index (κ1) is 13.5. The first-order valence-electron chi connectivity index (χ1n) is 5.89. The standard InChI is InChI=1S/C10H16N8S/c1-4-5-11-7-14-8(18(2)3)16-10(15-7)19-9-12-6-13-17-9/h6H,4-5H2,1-3H3,(H,12,13,17)(H,11,14,15,16). The van der Waals surface area contributed by atoms with Crippen molar-refractivity contribution in [3.63, 3.8) is 0 Å². The summed E-state index contributed by atoms with van der Waals surface area (Å²) in [6.45, 7) is 2.91. The monoisotopic (exact) mass is 280 g/mol. The Kier molecular flexibility index (Phi) is 4.50. The van der Waals surface area contributed by atoms with E-state index in [9.17, 15) is 0 Å². The molecular weight excluding hydrogens is 264 g/mol. The Labute approximate surface area is 115 Å². The summed E-state index contributed by atoms with van der Waals surface area (Å²) >= 11 is 1.32. The molecule has 0 fully saturated rings. The third-order valence-corrected chi connectivity index (χ3v) is 2.87. The van der Waals surface area contributed by atoms with Crippen LogP contribution in [0.5, 0.6) is 0 Å². The van der Waals surface area contributed by atoms with E-state index in [2.05, 4.69) is 42.4 Å². The summed E-state index contributed by atoms with van der Waals surface area (Å²) in [6, 6.07) is 0. The summed E-state index contributed by atoms with van der Waals surface area (Å²) in [7, 11) is 3.78. The predicted molar refractivity (Wildman–Crippen MR) is 73.4 cm³/mol. The van der Waals surface area contributed by atoms with Crippen molar-refractivity contribution in [2.24, 2.45) is 0 Å². The van der Waals surface area contributed by atoms with Crippen molar-refractivity contribution in [2.75, 3.05) is 30.9 Å². The molecule has 0 aromatic carbocycles. The molecule has 2 heterocycles. The van der Waals surface area contributed by atoms with Gasteiger partial charge in [0.1, 0.15) is 6.33 Å². The SMILES string of the molecule is CCCNc1nc(Sc2ncn[nH]2)nc(N(C)C)n1. The average molecular weight is 280 g/mol. The fourth-order valence-corrected chi connectivity index (χ4v) is 1.87. The molecule has 0 saturated heterocycles. The summed E-state index contributed by atoms with van der Waals surface area (Å²) in [5.74, 6) is 1.18. The van der Waals surface area contributed by atoms with Gasteiger partial charge in [-0.25, -0.2) is 4.98 Å². The molecule has 0 aliphatic carbocycles. The lowest BCUT2D eigenvalue weighted by atomic mass is 10.5. The number of H-pyrrole nitrogens is 1. The summed E-state index contributed by atoms with van der Waals surface area (Å²) in [6.07, 6.45) is 2.46. The van der Waals surface area contributed by atoms with Crippen LogP contribution in [0.1, 0.15) is 13.3 Å². The normalized spacial score (nSPS) is 10.5. The third kappa shape index (κ3) is 3.78. The quantitative estimate of drug-likeness (QED) is 0.810. The van der Waals surface area contributed by atoms with Gasteiger partial charge in [-0.3, -0.25) is 5.10 Å². The lowest BCUT2D eigenvalue weighted by molar-refractivity contribution is 0.847. The molecule has 9 heteroatoms. The Morgan fingerprint density at radius 3 is 2.79 bits per heavy atom. The fourth-order valence-electron chi connectivity index (χ4n) is 1.24. The molecule has 0 spiro atoms. The number of rotatable bonds is 6. The summed E-state index contributed by atoms with van der Waals surface area (Å²) < 4.78 is 0. The molecule has 0 saturated carbocycles. The number of nitrogens with one attached hydrogen (secondary N) is 2. The van der Waals surface area contributed by atoms with Crippen molar-refractivity contribution in [1.29, 1.82) is 0 Å². The molecule has 0 aliphatic heterocycles. The van der Waals surface area contributed by atoms with Crippen LogP contribution < -0.4 is 10.2 Å². The van der Waals surface area contributed by atoms with Crippen molar-refractivity contribution in [2.45, 2.75) is 23.7 Å². The molecule has 0 atom stereocenters. The maximum absolute atomic E-state index is 4.35. The fraction of sp³-hybridized carbons (Fsp3) is 0.500. The second kappa shape index (κ2) is 6.32. The zero-order chi connectivity index (χ0) is 13.7. The topological polar surface area (TPSA) is 95.5 Å². The molecule has 2 N–H and O–H groups in total. The van der Waals surface area contributed by atoms with Gasteiger partial charge < -0.3 is 10.2 Å². The molecule has 8 nitrogen and oxygen atoms in total. The van der Waals surface area contributed by atoms with E-state index >= 15 is 0 Å². The molecule has 0 aliphatic rings. The van der Waals surface area contributed by atoms with Gasteiger partial charge in [0, 0.05) is 20.6 Å². The van der Waals surface area contributed by atoms with Crippen LogP contribution in [0.25, 0.3) is 0 Å². The highest BCUT2D eigenvalue weighted by atomic mass is 32.2. The Hall–Kier alpha value is -1.90. The molecule has 2 rings (SSSR count). The first-order chi connectivity index (χ1) is 9.19. The van der Waals surface area contributed by atoms with E-state index < -0.39 is 0 Å². The van der Waals surface area contributed by atoms with Gasteiger partial charge in [-0.05, 0) is 18.2 Å². The lowest BCUT2D eigenvalue weighted by Crippen LogP contribution is -2.16. The summed E-state index contributed by atoms with van der Waals surface area (Å²) in [5, 5.41) is 10.9. The molecule has 2 aromatic rings. The number of hydrogen-bond acceptors (Lipinski definition) is 8. The van der Waals surface area contributed by atoms with E-state index in [-0.39, 0.29) is 0 Å². The zero-order valence-corrected chi connectivity index (χ0v) is 11.9. The van der Waals surface area contributed by atoms with Gasteiger partial charge in [0.15, 0.2) is 5.16 Å². The van der Waals surface area contributed by atoms with Crippen LogP contribution in [0.3, 0.4) is 0 Å². The first-order valence-corrected chi connectivity index (χ1v) is 6.71. The minimum absolute atomic E-state index is 0.572. The highest BCUT2D eigenvalue weighted by Crippen LogP contribution is 2.22. The van der Waals surface area contributed by atoms with Crippen LogP contribution in [0, 0.1) is 0 Å². The highest BCUT2D eigenvalue weighted by Gasteiger charge is 2.10. The van der Waals surface area contributed by atoms with E-state index in [0.29, 0.717) is 22.2 Å². The number of aromatic nitrogens is 6. The van der Waals surface area contributed by atoms with Gasteiger partial charge in [0.25, 0.3) is 0 Å². The Morgan fingerprint density at radius 2 is 2.16 bits per heavy atom. The molecule has 0 unspecified atom stereocenters. The second-order valence-corrected chi connectivity index (χ2v) is 4.91. The van der Waals surface area contributed by atoms with Crippen LogP contribution in [0.4, 0.5) is 11.9 Å². The highest BCUT2D eigenvalue weighted by molar-refractivity contribution is 7.99. The van der Waals surface area contributed by atoms with Crippen molar-refractivity contribution in [3.05, 3.63) is 6.33 Å². The molecule has 0 amide bonds. The van der Waals surface area contributed by atoms with E-state index in [4.69, 9.17) is 0 Å². The van der Waals surface area contributed by atoms with E-state index in [1.165, 1.54) is 18.1 Å². The van der Waals surface area contributed by atoms with E-state index in [1.807, 2.05) is 19.0 Å². The van der Waals surface area contributed by atoms with Gasteiger partial charge in [-0.1, -0.05) is 6.92 Å². The smallest absolute Gasteiger partial charge is 0.230 e. The Bertz CT molecular complexity index is 512. The van der Waals surface area contributed by atoms with Gasteiger partial charge >= 0.3 is 0 Å². The summed E-state index contributed by atoms with van der Waals surface area (Å²) in [5.41, 5.74) is 0. The molecular formula is C10H16N8S. The second-order valence-electron chi connectivity index (χ2n) is 3.96. The molecule has 102 valence electrons. The Balaban J connectivity index is 2.23. The minimum Gasteiger partial charge on any atom is -0.354 e. The third-order valence-electron chi connectivity index (χ3n) is 2.12. The van der Waals surface area contributed by atoms with Crippen molar-refractivity contribution < 1.29 is 0 Å². The average Bonchev–Trinajstić information content (AvgIpc) is 2.89. The number of hydrogen-bond donors (Lipinski definition) is 2. The van der Waals surface area contributed by atoms with Crippen LogP contribution in [0.2, 0.25) is 0 Å². The number of nitrogens with zero attached hydrogens (tertiary/aromatic N) is 6. The molecule has 19 heavy (non-hydrogen) atoms. The summed E-state index contributed by atoms with van der Waals surface area (Å²) in [4.78, 5) is 18.9. The van der Waals surface area contributed by atoms with Crippen molar-refractivity contribution in [1.82, 2.24) is 30.1 Å². The molecule has 2 aromatic heterocycles. The zero-order valence-electron chi connectivity index (χ0n) is 11.1. The van der Waals surface area contributed by atoms with Crippen LogP contribution in [0.15, 0.2) is 16.6 Å². The van der Waals surface area contributed by atoms with E-state index in [0.717, 1.165) is 13.0 Å². The maximum Gasteiger partial charge on any atom is 0.230 e. The minimum atomic E-state index is 0.572. The maximum atomic E-state index is 4.35. The number of aromatic amines is 1. The molecule has 0 bridgehead atoms. The largest absolute Gasteiger partial charge is 0.354 e. The van der Waals surface area contributed by atoms with Crippen molar-refractivity contribution >= 4 is 23.7 Å². The number of anilines is 2. The van der Waals surface area contributed by atoms with Gasteiger partial charge in [0.05, 0.1) is 0 Å². The lowest BCUT2D eigenvalue weighted by Gasteiger charge is -2.12. The van der Waals surface area contributed by atoms with Gasteiger partial charge in [-0.15, -0.1) is 0 Å². The van der Waals surface area contributed by atoms with Crippen LogP contribution in [-0.4, -0.2) is 50.8 Å². The van der Waals surface area contributed by atoms with Crippen molar-refractivity contribution in [3.8, 4) is 0 Å². The molecule has 0 radical (unpaired) electrons. The van der Waals surface area contributed by atoms with E-state index in [1.54, 1.807) is 0 Å². The van der Waals surface area contributed by atoms with Crippen LogP contribution in [-0.2, 0) is 0 Å². The van der Waals surface area contributed by atoms with Crippen LogP contribution >= 0.6 is 11.8 Å². The van der Waals surface area contributed by atoms with Gasteiger partial charge in [0.2, 0.25) is 17.1 Å². The predicted octanol–water partition coefficient (Wildman–Crippen LogP) is 1.03. The Morgan fingerprint density at radius 1 is 1.32 bits per heavy atom.